The first-order chi connectivity index (χ1) is 12.5. The van der Waals surface area contributed by atoms with Gasteiger partial charge in [0.15, 0.2) is 5.65 Å². The van der Waals surface area contributed by atoms with Crippen molar-refractivity contribution in [2.45, 2.75) is 26.7 Å². The minimum Gasteiger partial charge on any atom is -0.384 e. The van der Waals surface area contributed by atoms with Crippen molar-refractivity contribution in [3.63, 3.8) is 0 Å². The van der Waals surface area contributed by atoms with Crippen molar-refractivity contribution in [2.24, 2.45) is 0 Å². The van der Waals surface area contributed by atoms with E-state index in [1.807, 2.05) is 13.1 Å². The lowest BCUT2D eigenvalue weighted by Gasteiger charge is -2.14. The minimum atomic E-state index is 0.0609. The van der Waals surface area contributed by atoms with Crippen LogP contribution in [0, 0.1) is 20.8 Å². The molecule has 0 atom stereocenters. The maximum Gasteiger partial charge on any atom is 0.232 e. The van der Waals surface area contributed by atoms with E-state index in [0.29, 0.717) is 25.0 Å². The molecule has 1 aromatic carbocycles. The fraction of sp³-hybridized carbons (Fsp3) is 0.421. The second kappa shape index (κ2) is 7.80. The van der Waals surface area contributed by atoms with Crippen LogP contribution in [0.3, 0.4) is 0 Å². The van der Waals surface area contributed by atoms with E-state index in [0.717, 1.165) is 22.5 Å². The standard InChI is InChI=1S/C19H25N5O2/c1-12-6-7-17(13(2)8-12)23-19-22-14(3)21-18-16(9-20-24(18)19)15(10-25-4)11-26-5/h6-9,15H,10-11H2,1-5H3,(H,21,22,23). The summed E-state index contributed by atoms with van der Waals surface area (Å²) < 4.78 is 12.4. The number of anilines is 2. The van der Waals surface area contributed by atoms with Crippen LogP contribution in [0.2, 0.25) is 0 Å². The molecule has 0 saturated heterocycles. The SMILES string of the molecule is COCC(COC)c1cnn2c(Nc3ccc(C)cc3C)nc(C)nc12. The van der Waals surface area contributed by atoms with Gasteiger partial charge in [0.1, 0.15) is 5.82 Å². The van der Waals surface area contributed by atoms with Gasteiger partial charge in [-0.1, -0.05) is 17.7 Å². The number of fused-ring (bicyclic) bond motifs is 1. The van der Waals surface area contributed by atoms with E-state index < -0.39 is 0 Å². The molecule has 0 fully saturated rings. The van der Waals surface area contributed by atoms with Crippen LogP contribution in [0.1, 0.15) is 28.4 Å². The first-order valence-corrected chi connectivity index (χ1v) is 8.58. The van der Waals surface area contributed by atoms with Gasteiger partial charge in [-0.05, 0) is 32.4 Å². The van der Waals surface area contributed by atoms with Gasteiger partial charge in [-0.25, -0.2) is 4.98 Å². The monoisotopic (exact) mass is 355 g/mol. The Balaban J connectivity index is 2.04. The molecule has 7 nitrogen and oxygen atoms in total. The van der Waals surface area contributed by atoms with E-state index in [-0.39, 0.29) is 5.92 Å². The smallest absolute Gasteiger partial charge is 0.232 e. The third-order valence-corrected chi connectivity index (χ3v) is 4.31. The van der Waals surface area contributed by atoms with E-state index in [1.54, 1.807) is 18.7 Å². The molecule has 3 aromatic rings. The summed E-state index contributed by atoms with van der Waals surface area (Å²) in [7, 11) is 3.36. The van der Waals surface area contributed by atoms with Crippen molar-refractivity contribution in [3.8, 4) is 0 Å². The highest BCUT2D eigenvalue weighted by molar-refractivity contribution is 5.62. The number of hydrogen-bond donors (Lipinski definition) is 1. The van der Waals surface area contributed by atoms with Gasteiger partial charge in [-0.2, -0.15) is 14.6 Å². The Labute approximate surface area is 153 Å². The molecular formula is C19H25N5O2. The number of aryl methyl sites for hydroxylation is 3. The van der Waals surface area contributed by atoms with Crippen LogP contribution in [0.5, 0.6) is 0 Å². The largest absolute Gasteiger partial charge is 0.384 e. The van der Waals surface area contributed by atoms with Gasteiger partial charge in [0.05, 0.1) is 19.4 Å². The van der Waals surface area contributed by atoms with Crippen molar-refractivity contribution < 1.29 is 9.47 Å². The van der Waals surface area contributed by atoms with Crippen LogP contribution in [0.4, 0.5) is 11.6 Å². The normalized spacial score (nSPS) is 11.5. The molecule has 0 radical (unpaired) electrons. The Morgan fingerprint density at radius 2 is 1.81 bits per heavy atom. The number of nitrogens with zero attached hydrogens (tertiary/aromatic N) is 4. The summed E-state index contributed by atoms with van der Waals surface area (Å²) >= 11 is 0. The van der Waals surface area contributed by atoms with Gasteiger partial charge < -0.3 is 14.8 Å². The minimum absolute atomic E-state index is 0.0609. The average Bonchev–Trinajstić information content (AvgIpc) is 3.01. The van der Waals surface area contributed by atoms with Crippen molar-refractivity contribution in [1.82, 2.24) is 19.6 Å². The molecular weight excluding hydrogens is 330 g/mol. The van der Waals surface area contributed by atoms with Crippen LogP contribution >= 0.6 is 0 Å². The maximum absolute atomic E-state index is 5.34. The molecule has 0 aliphatic rings. The molecule has 0 aliphatic heterocycles. The average molecular weight is 355 g/mol. The van der Waals surface area contributed by atoms with E-state index in [4.69, 9.17) is 9.47 Å². The van der Waals surface area contributed by atoms with Gasteiger partial charge in [0, 0.05) is 31.4 Å². The van der Waals surface area contributed by atoms with Crippen molar-refractivity contribution in [2.75, 3.05) is 32.8 Å². The lowest BCUT2D eigenvalue weighted by molar-refractivity contribution is 0.117. The molecule has 0 amide bonds. The molecule has 0 unspecified atom stereocenters. The molecule has 7 heteroatoms. The summed E-state index contributed by atoms with van der Waals surface area (Å²) in [5, 5.41) is 7.89. The fourth-order valence-electron chi connectivity index (χ4n) is 3.07. The van der Waals surface area contributed by atoms with Crippen LogP contribution in [0.25, 0.3) is 5.65 Å². The van der Waals surface area contributed by atoms with Crippen molar-refractivity contribution >= 4 is 17.3 Å². The highest BCUT2D eigenvalue weighted by Crippen LogP contribution is 2.25. The number of benzene rings is 1. The summed E-state index contributed by atoms with van der Waals surface area (Å²) in [6.45, 7) is 7.11. The summed E-state index contributed by atoms with van der Waals surface area (Å²) in [4.78, 5) is 9.14. The second-order valence-electron chi connectivity index (χ2n) is 6.48. The molecule has 138 valence electrons. The summed E-state index contributed by atoms with van der Waals surface area (Å²) in [6.07, 6.45) is 1.82. The third kappa shape index (κ3) is 3.68. The maximum atomic E-state index is 5.34. The van der Waals surface area contributed by atoms with Crippen LogP contribution in [-0.4, -0.2) is 47.0 Å². The molecule has 3 rings (SSSR count). The number of ether oxygens (including phenoxy) is 2. The zero-order valence-corrected chi connectivity index (χ0v) is 15.9. The van der Waals surface area contributed by atoms with Crippen molar-refractivity contribution in [3.05, 3.63) is 46.9 Å². The molecule has 2 heterocycles. The molecule has 0 aliphatic carbocycles. The van der Waals surface area contributed by atoms with Crippen LogP contribution in [-0.2, 0) is 9.47 Å². The zero-order chi connectivity index (χ0) is 18.7. The first kappa shape index (κ1) is 18.3. The van der Waals surface area contributed by atoms with Crippen LogP contribution < -0.4 is 5.32 Å². The Morgan fingerprint density at radius 1 is 1.08 bits per heavy atom. The predicted molar refractivity (Wildman–Crippen MR) is 101 cm³/mol. The van der Waals surface area contributed by atoms with Crippen LogP contribution in [0.15, 0.2) is 24.4 Å². The molecule has 2 aromatic heterocycles. The predicted octanol–water partition coefficient (Wildman–Crippen LogP) is 3.17. The Bertz CT molecular complexity index is 900. The molecule has 1 N–H and O–H groups in total. The number of aromatic nitrogens is 4. The number of methoxy groups -OCH3 is 2. The quantitative estimate of drug-likeness (QED) is 0.702. The van der Waals surface area contributed by atoms with Crippen molar-refractivity contribution in [1.29, 1.82) is 0 Å². The highest BCUT2D eigenvalue weighted by Gasteiger charge is 2.20. The lowest BCUT2D eigenvalue weighted by atomic mass is 10.0. The topological polar surface area (TPSA) is 73.6 Å². The molecule has 0 bridgehead atoms. The second-order valence-corrected chi connectivity index (χ2v) is 6.48. The van der Waals surface area contributed by atoms with E-state index in [9.17, 15) is 0 Å². The number of rotatable bonds is 7. The molecule has 0 spiro atoms. The Morgan fingerprint density at radius 3 is 2.46 bits per heavy atom. The number of nitrogens with one attached hydrogen (secondary N) is 1. The first-order valence-electron chi connectivity index (χ1n) is 8.58. The third-order valence-electron chi connectivity index (χ3n) is 4.31. The van der Waals surface area contributed by atoms with Gasteiger partial charge in [-0.3, -0.25) is 0 Å². The summed E-state index contributed by atoms with van der Waals surface area (Å²) in [5.41, 5.74) is 5.13. The molecule has 26 heavy (non-hydrogen) atoms. The van der Waals surface area contributed by atoms with Gasteiger partial charge in [0.2, 0.25) is 5.95 Å². The Kier molecular flexibility index (Phi) is 5.49. The van der Waals surface area contributed by atoms with Gasteiger partial charge in [0.25, 0.3) is 0 Å². The van der Waals surface area contributed by atoms with Gasteiger partial charge in [-0.15, -0.1) is 0 Å². The number of hydrogen-bond acceptors (Lipinski definition) is 6. The fourth-order valence-corrected chi connectivity index (χ4v) is 3.07. The van der Waals surface area contributed by atoms with E-state index in [1.165, 1.54) is 5.56 Å². The lowest BCUT2D eigenvalue weighted by Crippen LogP contribution is -2.13. The van der Waals surface area contributed by atoms with E-state index in [2.05, 4.69) is 52.4 Å². The highest BCUT2D eigenvalue weighted by atomic mass is 16.5. The van der Waals surface area contributed by atoms with E-state index >= 15 is 0 Å². The summed E-state index contributed by atoms with van der Waals surface area (Å²) in [5.74, 6) is 1.38. The Hall–Kier alpha value is -2.51. The summed E-state index contributed by atoms with van der Waals surface area (Å²) in [6, 6.07) is 6.26. The zero-order valence-electron chi connectivity index (χ0n) is 15.9. The van der Waals surface area contributed by atoms with Gasteiger partial charge >= 0.3 is 0 Å². The molecule has 0 saturated carbocycles.